The van der Waals surface area contributed by atoms with Crippen molar-refractivity contribution in [2.45, 2.75) is 6.54 Å². The molecule has 0 aliphatic carbocycles. The standard InChI is InChI=1S/C21H16FN3O/c1-2-15-3-5-16(6-4-15)14-24-11-12-25-20(21(24)26)13-19(23-25)17-7-9-18(22)10-8-17/h2-13H,1,14H2. The van der Waals surface area contributed by atoms with Gasteiger partial charge in [-0.1, -0.05) is 36.9 Å². The molecule has 0 saturated carbocycles. The van der Waals surface area contributed by atoms with Crippen molar-refractivity contribution in [2.75, 3.05) is 0 Å². The lowest BCUT2D eigenvalue weighted by Crippen LogP contribution is -2.21. The Hall–Kier alpha value is -3.47. The number of aromatic nitrogens is 3. The van der Waals surface area contributed by atoms with E-state index in [1.54, 1.807) is 45.8 Å². The number of hydrogen-bond acceptors (Lipinski definition) is 2. The monoisotopic (exact) mass is 345 g/mol. The summed E-state index contributed by atoms with van der Waals surface area (Å²) in [6, 6.07) is 15.7. The molecule has 0 aliphatic heterocycles. The minimum atomic E-state index is -0.303. The fourth-order valence-electron chi connectivity index (χ4n) is 2.87. The van der Waals surface area contributed by atoms with Crippen LogP contribution in [0.5, 0.6) is 0 Å². The van der Waals surface area contributed by atoms with Gasteiger partial charge in [0, 0.05) is 18.0 Å². The van der Waals surface area contributed by atoms with Gasteiger partial charge in [0.15, 0.2) is 0 Å². The van der Waals surface area contributed by atoms with Gasteiger partial charge in [0.2, 0.25) is 0 Å². The van der Waals surface area contributed by atoms with Crippen molar-refractivity contribution >= 4 is 11.6 Å². The number of halogens is 1. The van der Waals surface area contributed by atoms with Crippen LogP contribution in [0.25, 0.3) is 22.9 Å². The summed E-state index contributed by atoms with van der Waals surface area (Å²) >= 11 is 0. The first-order valence-corrected chi connectivity index (χ1v) is 8.20. The summed E-state index contributed by atoms with van der Waals surface area (Å²) in [4.78, 5) is 12.8. The average molecular weight is 345 g/mol. The third kappa shape index (κ3) is 2.95. The maximum atomic E-state index is 13.1. The Bertz CT molecular complexity index is 1140. The molecule has 0 atom stereocenters. The molecule has 0 fully saturated rings. The lowest BCUT2D eigenvalue weighted by atomic mass is 10.1. The number of benzene rings is 2. The highest BCUT2D eigenvalue weighted by Gasteiger charge is 2.09. The zero-order valence-electron chi connectivity index (χ0n) is 14.0. The Morgan fingerprint density at radius 1 is 1.04 bits per heavy atom. The van der Waals surface area contributed by atoms with Crippen molar-refractivity contribution in [3.05, 3.63) is 101 Å². The SMILES string of the molecule is C=Cc1ccc(Cn2ccn3nc(-c4ccc(F)cc4)cc3c2=O)cc1. The fourth-order valence-corrected chi connectivity index (χ4v) is 2.87. The lowest BCUT2D eigenvalue weighted by Gasteiger charge is -2.06. The summed E-state index contributed by atoms with van der Waals surface area (Å²) in [5, 5.41) is 4.41. The van der Waals surface area contributed by atoms with Crippen LogP contribution < -0.4 is 5.56 Å². The van der Waals surface area contributed by atoms with E-state index in [4.69, 9.17) is 0 Å². The van der Waals surface area contributed by atoms with E-state index < -0.39 is 0 Å². The molecule has 2 aromatic heterocycles. The van der Waals surface area contributed by atoms with Gasteiger partial charge in [-0.2, -0.15) is 5.10 Å². The van der Waals surface area contributed by atoms with Crippen LogP contribution in [0, 0.1) is 5.82 Å². The molecule has 0 N–H and O–H groups in total. The van der Waals surface area contributed by atoms with Gasteiger partial charge in [-0.05, 0) is 41.5 Å². The molecular weight excluding hydrogens is 329 g/mol. The Labute approximate surface area is 149 Å². The van der Waals surface area contributed by atoms with Gasteiger partial charge < -0.3 is 4.57 Å². The third-order valence-electron chi connectivity index (χ3n) is 4.31. The predicted molar refractivity (Wildman–Crippen MR) is 100 cm³/mol. The molecule has 0 unspecified atom stereocenters. The molecule has 0 aliphatic rings. The second kappa shape index (κ2) is 6.44. The van der Waals surface area contributed by atoms with Crippen molar-refractivity contribution in [3.8, 4) is 11.3 Å². The molecule has 0 radical (unpaired) electrons. The molecule has 0 spiro atoms. The van der Waals surface area contributed by atoms with E-state index in [2.05, 4.69) is 11.7 Å². The van der Waals surface area contributed by atoms with Crippen LogP contribution in [-0.4, -0.2) is 14.2 Å². The Balaban J connectivity index is 1.71. The van der Waals surface area contributed by atoms with E-state index in [0.717, 1.165) is 16.7 Å². The van der Waals surface area contributed by atoms with Crippen molar-refractivity contribution < 1.29 is 4.39 Å². The molecule has 4 aromatic rings. The van der Waals surface area contributed by atoms with Gasteiger partial charge in [-0.3, -0.25) is 4.79 Å². The molecule has 128 valence electrons. The number of nitrogens with zero attached hydrogens (tertiary/aromatic N) is 3. The van der Waals surface area contributed by atoms with E-state index in [-0.39, 0.29) is 11.4 Å². The van der Waals surface area contributed by atoms with Crippen LogP contribution in [0.15, 0.2) is 78.4 Å². The van der Waals surface area contributed by atoms with Gasteiger partial charge in [0.05, 0.1) is 12.2 Å². The number of hydrogen-bond donors (Lipinski definition) is 0. The first kappa shape index (κ1) is 16.0. The highest BCUT2D eigenvalue weighted by Crippen LogP contribution is 2.18. The van der Waals surface area contributed by atoms with E-state index in [0.29, 0.717) is 17.8 Å². The highest BCUT2D eigenvalue weighted by molar-refractivity contribution is 5.65. The molecule has 2 heterocycles. The van der Waals surface area contributed by atoms with E-state index in [1.165, 1.54) is 12.1 Å². The second-order valence-corrected chi connectivity index (χ2v) is 6.04. The van der Waals surface area contributed by atoms with Crippen LogP contribution in [0.3, 0.4) is 0 Å². The van der Waals surface area contributed by atoms with E-state index in [9.17, 15) is 9.18 Å². The predicted octanol–water partition coefficient (Wildman–Crippen LogP) is 3.99. The molecule has 0 amide bonds. The van der Waals surface area contributed by atoms with Crippen molar-refractivity contribution in [1.82, 2.24) is 14.2 Å². The maximum Gasteiger partial charge on any atom is 0.276 e. The van der Waals surface area contributed by atoms with Gasteiger partial charge >= 0.3 is 0 Å². The molecule has 4 rings (SSSR count). The van der Waals surface area contributed by atoms with Crippen LogP contribution in [0.1, 0.15) is 11.1 Å². The molecule has 0 saturated heterocycles. The first-order chi connectivity index (χ1) is 12.6. The quantitative estimate of drug-likeness (QED) is 0.561. The van der Waals surface area contributed by atoms with Gasteiger partial charge in [0.25, 0.3) is 5.56 Å². The Kier molecular flexibility index (Phi) is 3.97. The number of fused-ring (bicyclic) bond motifs is 1. The van der Waals surface area contributed by atoms with Gasteiger partial charge in [-0.15, -0.1) is 0 Å². The molecule has 26 heavy (non-hydrogen) atoms. The Morgan fingerprint density at radius 2 is 1.77 bits per heavy atom. The second-order valence-electron chi connectivity index (χ2n) is 6.04. The molecular formula is C21H16FN3O. The van der Waals surface area contributed by atoms with Crippen molar-refractivity contribution in [3.63, 3.8) is 0 Å². The topological polar surface area (TPSA) is 39.3 Å². The van der Waals surface area contributed by atoms with Crippen LogP contribution in [0.4, 0.5) is 4.39 Å². The van der Waals surface area contributed by atoms with E-state index >= 15 is 0 Å². The normalized spacial score (nSPS) is 11.0. The fraction of sp³-hybridized carbons (Fsp3) is 0.0476. The summed E-state index contributed by atoms with van der Waals surface area (Å²) in [6.07, 6.45) is 5.26. The van der Waals surface area contributed by atoms with Crippen molar-refractivity contribution in [2.24, 2.45) is 0 Å². The highest BCUT2D eigenvalue weighted by atomic mass is 19.1. The van der Waals surface area contributed by atoms with Crippen LogP contribution >= 0.6 is 0 Å². The van der Waals surface area contributed by atoms with Crippen LogP contribution in [-0.2, 0) is 6.54 Å². The largest absolute Gasteiger partial charge is 0.308 e. The molecule has 0 bridgehead atoms. The Morgan fingerprint density at radius 3 is 2.46 bits per heavy atom. The zero-order chi connectivity index (χ0) is 18.1. The van der Waals surface area contributed by atoms with E-state index in [1.807, 2.05) is 24.3 Å². The minimum Gasteiger partial charge on any atom is -0.308 e. The lowest BCUT2D eigenvalue weighted by molar-refractivity contribution is 0.628. The molecule has 2 aromatic carbocycles. The average Bonchev–Trinajstić information content (AvgIpc) is 3.10. The maximum absolute atomic E-state index is 13.1. The molecule has 4 nitrogen and oxygen atoms in total. The van der Waals surface area contributed by atoms with Crippen LogP contribution in [0.2, 0.25) is 0 Å². The molecule has 5 heteroatoms. The summed E-state index contributed by atoms with van der Waals surface area (Å²) in [5.41, 5.74) is 3.82. The van der Waals surface area contributed by atoms with Gasteiger partial charge in [-0.25, -0.2) is 8.91 Å². The summed E-state index contributed by atoms with van der Waals surface area (Å²) < 4.78 is 16.3. The smallest absolute Gasteiger partial charge is 0.276 e. The zero-order valence-corrected chi connectivity index (χ0v) is 14.0. The minimum absolute atomic E-state index is 0.124. The summed E-state index contributed by atoms with van der Waals surface area (Å²) in [7, 11) is 0. The third-order valence-corrected chi connectivity index (χ3v) is 4.31. The first-order valence-electron chi connectivity index (χ1n) is 8.20. The summed E-state index contributed by atoms with van der Waals surface area (Å²) in [5.74, 6) is -0.303. The van der Waals surface area contributed by atoms with Crippen molar-refractivity contribution in [1.29, 1.82) is 0 Å². The summed E-state index contributed by atoms with van der Waals surface area (Å²) in [6.45, 7) is 4.22. The number of rotatable bonds is 4. The van der Waals surface area contributed by atoms with Gasteiger partial charge in [0.1, 0.15) is 11.3 Å².